The van der Waals surface area contributed by atoms with Crippen LogP contribution in [0, 0.1) is 12.8 Å². The van der Waals surface area contributed by atoms with E-state index in [2.05, 4.69) is 43.4 Å². The van der Waals surface area contributed by atoms with E-state index in [-0.39, 0.29) is 0 Å². The smallest absolute Gasteiger partial charge is 0.0587 e. The van der Waals surface area contributed by atoms with Crippen LogP contribution in [0.25, 0.3) is 0 Å². The minimum absolute atomic E-state index is 0.360. The second kappa shape index (κ2) is 5.85. The van der Waals surface area contributed by atoms with Crippen LogP contribution >= 0.6 is 0 Å². The molecule has 0 bridgehead atoms. The highest BCUT2D eigenvalue weighted by Gasteiger charge is 2.42. The molecule has 1 aromatic rings. The summed E-state index contributed by atoms with van der Waals surface area (Å²) in [5.74, 6) is 0.856. The van der Waals surface area contributed by atoms with Gasteiger partial charge in [-0.25, -0.2) is 0 Å². The lowest BCUT2D eigenvalue weighted by Gasteiger charge is -2.47. The van der Waals surface area contributed by atoms with E-state index in [0.29, 0.717) is 5.41 Å². The van der Waals surface area contributed by atoms with E-state index in [1.165, 1.54) is 24.0 Å². The van der Waals surface area contributed by atoms with Crippen molar-refractivity contribution in [1.29, 1.82) is 0 Å². The van der Waals surface area contributed by atoms with Gasteiger partial charge in [-0.2, -0.15) is 0 Å². The molecule has 0 radical (unpaired) electrons. The third-order valence-electron chi connectivity index (χ3n) is 4.06. The number of benzene rings is 1. The molecule has 1 aliphatic carbocycles. The lowest BCUT2D eigenvalue weighted by molar-refractivity contribution is 0.144. The summed E-state index contributed by atoms with van der Waals surface area (Å²) in [4.78, 5) is 0. The number of aryl methyl sites for hydroxylation is 1. The van der Waals surface area contributed by atoms with Crippen molar-refractivity contribution >= 4 is 0 Å². The van der Waals surface area contributed by atoms with Gasteiger partial charge in [-0.3, -0.25) is 0 Å². The van der Waals surface area contributed by atoms with E-state index in [9.17, 15) is 0 Å². The van der Waals surface area contributed by atoms with Gasteiger partial charge in [-0.05, 0) is 31.2 Å². The maximum Gasteiger partial charge on any atom is 0.0587 e. The van der Waals surface area contributed by atoms with E-state index >= 15 is 0 Å². The molecule has 18 heavy (non-hydrogen) atoms. The molecule has 0 heterocycles. The van der Waals surface area contributed by atoms with Crippen LogP contribution in [0.2, 0.25) is 0 Å². The highest BCUT2D eigenvalue weighted by molar-refractivity contribution is 5.32. The molecular weight excluding hydrogens is 222 g/mol. The summed E-state index contributed by atoms with van der Waals surface area (Å²) in [7, 11) is 1.75. The molecule has 0 aromatic heterocycles. The second-order valence-electron chi connectivity index (χ2n) is 5.83. The first-order chi connectivity index (χ1) is 8.66. The molecule has 2 heteroatoms. The summed E-state index contributed by atoms with van der Waals surface area (Å²) in [5.41, 5.74) is 3.23. The molecule has 0 aliphatic heterocycles. The molecule has 0 amide bonds. The summed E-state index contributed by atoms with van der Waals surface area (Å²) in [6.07, 6.45) is 2.60. The molecule has 0 atom stereocenters. The molecular formula is C16H25NO. The van der Waals surface area contributed by atoms with Crippen molar-refractivity contribution in [2.24, 2.45) is 5.92 Å². The third kappa shape index (κ3) is 2.93. The van der Waals surface area contributed by atoms with Crippen molar-refractivity contribution in [3.63, 3.8) is 0 Å². The zero-order valence-corrected chi connectivity index (χ0v) is 11.8. The molecule has 0 saturated heterocycles. The summed E-state index contributed by atoms with van der Waals surface area (Å²) in [6, 6.07) is 9.00. The Morgan fingerprint density at radius 2 is 2.17 bits per heavy atom. The predicted molar refractivity (Wildman–Crippen MR) is 76.0 cm³/mol. The van der Waals surface area contributed by atoms with Crippen LogP contribution in [-0.4, -0.2) is 26.8 Å². The van der Waals surface area contributed by atoms with Gasteiger partial charge in [-0.15, -0.1) is 0 Å². The van der Waals surface area contributed by atoms with Crippen molar-refractivity contribution in [2.45, 2.75) is 32.1 Å². The minimum Gasteiger partial charge on any atom is -0.383 e. The first kappa shape index (κ1) is 13.6. The van der Waals surface area contributed by atoms with Gasteiger partial charge in [-0.1, -0.05) is 36.8 Å². The van der Waals surface area contributed by atoms with Gasteiger partial charge in [0.25, 0.3) is 0 Å². The van der Waals surface area contributed by atoms with Crippen LogP contribution < -0.4 is 5.32 Å². The van der Waals surface area contributed by atoms with Crippen LogP contribution in [0.15, 0.2) is 24.3 Å². The number of ether oxygens (including phenoxy) is 1. The average Bonchev–Trinajstić information content (AvgIpc) is 2.32. The first-order valence-corrected chi connectivity index (χ1v) is 6.93. The molecule has 0 unspecified atom stereocenters. The Bertz CT molecular complexity index is 382. The Morgan fingerprint density at radius 3 is 2.78 bits per heavy atom. The van der Waals surface area contributed by atoms with E-state index in [1.54, 1.807) is 7.11 Å². The van der Waals surface area contributed by atoms with Crippen LogP contribution in [0.5, 0.6) is 0 Å². The van der Waals surface area contributed by atoms with Gasteiger partial charge in [0.1, 0.15) is 0 Å². The lowest BCUT2D eigenvalue weighted by atomic mass is 9.59. The highest BCUT2D eigenvalue weighted by Crippen LogP contribution is 2.47. The molecule has 1 fully saturated rings. The van der Waals surface area contributed by atoms with Crippen molar-refractivity contribution in [3.8, 4) is 0 Å². The summed E-state index contributed by atoms with van der Waals surface area (Å²) in [6.45, 7) is 7.34. The Kier molecular flexibility index (Phi) is 4.41. The molecule has 100 valence electrons. The van der Waals surface area contributed by atoms with Gasteiger partial charge in [0.05, 0.1) is 6.61 Å². The fraction of sp³-hybridized carbons (Fsp3) is 0.625. The summed E-state index contributed by atoms with van der Waals surface area (Å²) < 4.78 is 5.09. The van der Waals surface area contributed by atoms with Crippen molar-refractivity contribution in [1.82, 2.24) is 5.32 Å². The highest BCUT2D eigenvalue weighted by atomic mass is 16.5. The molecule has 1 saturated carbocycles. The Hall–Kier alpha value is -0.860. The van der Waals surface area contributed by atoms with Crippen molar-refractivity contribution in [2.75, 3.05) is 26.8 Å². The monoisotopic (exact) mass is 247 g/mol. The number of methoxy groups -OCH3 is 1. The predicted octanol–water partition coefficient (Wildman–Crippen LogP) is 2.90. The number of rotatable bonds is 6. The van der Waals surface area contributed by atoms with Crippen LogP contribution in [0.4, 0.5) is 0 Å². The SMILES string of the molecule is COCCNCC1(c2cccc(C)c2)CC(C)C1. The van der Waals surface area contributed by atoms with E-state index < -0.39 is 0 Å². The average molecular weight is 247 g/mol. The van der Waals surface area contributed by atoms with E-state index in [1.807, 2.05) is 0 Å². The summed E-state index contributed by atoms with van der Waals surface area (Å²) in [5, 5.41) is 3.54. The zero-order chi connectivity index (χ0) is 13.0. The van der Waals surface area contributed by atoms with E-state index in [4.69, 9.17) is 4.74 Å². The van der Waals surface area contributed by atoms with Crippen LogP contribution in [0.3, 0.4) is 0 Å². The first-order valence-electron chi connectivity index (χ1n) is 6.93. The summed E-state index contributed by atoms with van der Waals surface area (Å²) >= 11 is 0. The van der Waals surface area contributed by atoms with Crippen LogP contribution in [-0.2, 0) is 10.2 Å². The van der Waals surface area contributed by atoms with Crippen molar-refractivity contribution < 1.29 is 4.74 Å². The zero-order valence-electron chi connectivity index (χ0n) is 11.8. The number of nitrogens with one attached hydrogen (secondary N) is 1. The molecule has 2 rings (SSSR count). The number of hydrogen-bond donors (Lipinski definition) is 1. The number of hydrogen-bond acceptors (Lipinski definition) is 2. The quantitative estimate of drug-likeness (QED) is 0.780. The minimum atomic E-state index is 0.360. The van der Waals surface area contributed by atoms with Gasteiger partial charge in [0, 0.05) is 25.6 Å². The maximum atomic E-state index is 5.09. The third-order valence-corrected chi connectivity index (χ3v) is 4.06. The van der Waals surface area contributed by atoms with E-state index in [0.717, 1.165) is 25.6 Å². The fourth-order valence-corrected chi connectivity index (χ4v) is 3.23. The second-order valence-corrected chi connectivity index (χ2v) is 5.83. The van der Waals surface area contributed by atoms with Gasteiger partial charge in [0.2, 0.25) is 0 Å². The Labute approximate surface area is 111 Å². The molecule has 1 N–H and O–H groups in total. The normalized spacial score (nSPS) is 26.9. The Balaban J connectivity index is 2.03. The van der Waals surface area contributed by atoms with Gasteiger partial charge >= 0.3 is 0 Å². The van der Waals surface area contributed by atoms with Gasteiger partial charge in [0.15, 0.2) is 0 Å². The molecule has 2 nitrogen and oxygen atoms in total. The van der Waals surface area contributed by atoms with Crippen LogP contribution in [0.1, 0.15) is 30.9 Å². The molecule has 1 aromatic carbocycles. The lowest BCUT2D eigenvalue weighted by Crippen LogP contribution is -2.48. The van der Waals surface area contributed by atoms with Gasteiger partial charge < -0.3 is 10.1 Å². The topological polar surface area (TPSA) is 21.3 Å². The molecule has 1 aliphatic rings. The Morgan fingerprint density at radius 1 is 1.39 bits per heavy atom. The molecule has 0 spiro atoms. The maximum absolute atomic E-state index is 5.09. The largest absolute Gasteiger partial charge is 0.383 e. The standard InChI is InChI=1S/C16H25NO/c1-13-5-4-6-15(9-13)16(10-14(2)11-16)12-17-7-8-18-3/h4-6,9,14,17H,7-8,10-12H2,1-3H3. The fourth-order valence-electron chi connectivity index (χ4n) is 3.23. The van der Waals surface area contributed by atoms with Crippen molar-refractivity contribution in [3.05, 3.63) is 35.4 Å².